The first-order valence-electron chi connectivity index (χ1n) is 3.76. The van der Waals surface area contributed by atoms with E-state index in [1.807, 2.05) is 0 Å². The van der Waals surface area contributed by atoms with Crippen molar-refractivity contribution in [2.24, 2.45) is 5.73 Å². The van der Waals surface area contributed by atoms with Crippen LogP contribution in [0.5, 0.6) is 0 Å². The summed E-state index contributed by atoms with van der Waals surface area (Å²) >= 11 is 1.31. The fraction of sp³-hybridized carbons (Fsp3) is 0. The van der Waals surface area contributed by atoms with Crippen LogP contribution in [0.2, 0.25) is 0 Å². The Kier molecular flexibility index (Phi) is 1.97. The molecule has 6 heteroatoms. The van der Waals surface area contributed by atoms with Crippen LogP contribution in [-0.2, 0) is 0 Å². The third kappa shape index (κ3) is 1.47. The Hall–Kier alpha value is -1.82. The van der Waals surface area contributed by atoms with Gasteiger partial charge in [-0.15, -0.1) is 11.3 Å². The number of rotatable bonds is 2. The van der Waals surface area contributed by atoms with Gasteiger partial charge in [0.05, 0.1) is 5.56 Å². The smallest absolute Gasteiger partial charge is 0.251 e. The molecule has 14 heavy (non-hydrogen) atoms. The molecular weight excluding hydrogens is 202 g/mol. The maximum absolute atomic E-state index is 10.8. The Morgan fingerprint density at radius 1 is 1.57 bits per heavy atom. The van der Waals surface area contributed by atoms with Crippen molar-refractivity contribution in [3.05, 3.63) is 23.3 Å². The summed E-state index contributed by atoms with van der Waals surface area (Å²) < 4.78 is 5.11. The zero-order chi connectivity index (χ0) is 10.1. The van der Waals surface area contributed by atoms with Gasteiger partial charge in [0.1, 0.15) is 12.0 Å². The minimum Gasteiger partial charge on any atom is -0.462 e. The highest BCUT2D eigenvalue weighted by molar-refractivity contribution is 7.13. The molecule has 0 spiro atoms. The fourth-order valence-electron chi connectivity index (χ4n) is 1.00. The molecule has 0 saturated heterocycles. The third-order valence-electron chi connectivity index (χ3n) is 1.66. The summed E-state index contributed by atoms with van der Waals surface area (Å²) in [5.74, 6) is -0.0325. The maximum atomic E-state index is 10.8. The van der Waals surface area contributed by atoms with Crippen molar-refractivity contribution in [3.63, 3.8) is 0 Å². The van der Waals surface area contributed by atoms with Crippen LogP contribution >= 0.6 is 11.3 Å². The Bertz CT molecular complexity index is 474. The van der Waals surface area contributed by atoms with Gasteiger partial charge in [-0.05, 0) is 6.07 Å². The van der Waals surface area contributed by atoms with Crippen LogP contribution in [0.3, 0.4) is 0 Å². The highest BCUT2D eigenvalue weighted by Gasteiger charge is 2.10. The first-order valence-corrected chi connectivity index (χ1v) is 4.64. The molecule has 0 fully saturated rings. The van der Waals surface area contributed by atoms with Gasteiger partial charge in [0.2, 0.25) is 0 Å². The number of primary amides is 1. The molecule has 0 unspecified atom stereocenters. The first kappa shape index (κ1) is 8.76. The zero-order valence-corrected chi connectivity index (χ0v) is 7.88. The largest absolute Gasteiger partial charge is 0.462 e. The van der Waals surface area contributed by atoms with Crippen LogP contribution in [0, 0.1) is 0 Å². The van der Waals surface area contributed by atoms with Crippen LogP contribution in [0.1, 0.15) is 10.4 Å². The summed E-state index contributed by atoms with van der Waals surface area (Å²) in [6, 6.07) is 1.54. The van der Waals surface area contributed by atoms with Gasteiger partial charge in [-0.2, -0.15) is 0 Å². The number of hydrogen-bond acceptors (Lipinski definition) is 5. The van der Waals surface area contributed by atoms with Crippen molar-refractivity contribution in [2.45, 2.75) is 0 Å². The SMILES string of the molecule is NC(=O)c1coc(-c2csc(N)n2)c1. The van der Waals surface area contributed by atoms with E-state index in [0.29, 0.717) is 22.1 Å². The van der Waals surface area contributed by atoms with E-state index in [9.17, 15) is 4.79 Å². The van der Waals surface area contributed by atoms with Crippen LogP contribution in [0.25, 0.3) is 11.5 Å². The van der Waals surface area contributed by atoms with E-state index >= 15 is 0 Å². The number of amides is 1. The second-order valence-electron chi connectivity index (χ2n) is 2.63. The summed E-state index contributed by atoms with van der Waals surface area (Å²) in [6.07, 6.45) is 1.30. The Morgan fingerprint density at radius 3 is 2.86 bits per heavy atom. The van der Waals surface area contributed by atoms with E-state index in [-0.39, 0.29) is 0 Å². The van der Waals surface area contributed by atoms with Crippen molar-refractivity contribution < 1.29 is 9.21 Å². The summed E-state index contributed by atoms with van der Waals surface area (Å²) in [5.41, 5.74) is 11.5. The van der Waals surface area contributed by atoms with E-state index in [0.717, 1.165) is 0 Å². The van der Waals surface area contributed by atoms with Gasteiger partial charge in [-0.1, -0.05) is 0 Å². The van der Waals surface area contributed by atoms with Gasteiger partial charge in [-0.3, -0.25) is 4.79 Å². The number of nitrogens with two attached hydrogens (primary N) is 2. The Morgan fingerprint density at radius 2 is 2.36 bits per heavy atom. The van der Waals surface area contributed by atoms with E-state index in [1.165, 1.54) is 23.7 Å². The predicted molar refractivity (Wildman–Crippen MR) is 52.7 cm³/mol. The highest BCUT2D eigenvalue weighted by atomic mass is 32.1. The number of furan rings is 1. The second kappa shape index (κ2) is 3.15. The highest BCUT2D eigenvalue weighted by Crippen LogP contribution is 2.24. The second-order valence-corrected chi connectivity index (χ2v) is 3.52. The lowest BCUT2D eigenvalue weighted by Gasteiger charge is -1.85. The van der Waals surface area contributed by atoms with Crippen LogP contribution in [-0.4, -0.2) is 10.9 Å². The average Bonchev–Trinajstić information content (AvgIpc) is 2.70. The topological polar surface area (TPSA) is 95.1 Å². The number of hydrogen-bond donors (Lipinski definition) is 2. The van der Waals surface area contributed by atoms with Crippen LogP contribution < -0.4 is 11.5 Å². The van der Waals surface area contributed by atoms with Crippen molar-refractivity contribution in [2.75, 3.05) is 5.73 Å². The molecule has 0 aliphatic heterocycles. The monoisotopic (exact) mass is 209 g/mol. The van der Waals surface area contributed by atoms with Crippen molar-refractivity contribution >= 4 is 22.4 Å². The molecule has 0 aliphatic rings. The molecular formula is C8H7N3O2S. The van der Waals surface area contributed by atoms with Gasteiger partial charge in [-0.25, -0.2) is 4.98 Å². The molecule has 1 amide bonds. The molecule has 0 radical (unpaired) electrons. The number of carbonyl (C=O) groups is 1. The van der Waals surface area contributed by atoms with Crippen molar-refractivity contribution in [3.8, 4) is 11.5 Å². The fourth-order valence-corrected chi connectivity index (χ4v) is 1.55. The molecule has 0 atom stereocenters. The molecule has 2 aromatic rings. The Labute approximate surface area is 83.3 Å². The van der Waals surface area contributed by atoms with Gasteiger partial charge in [0, 0.05) is 5.38 Å². The number of thiazole rings is 1. The molecule has 0 aliphatic carbocycles. The normalized spacial score (nSPS) is 10.3. The van der Waals surface area contributed by atoms with E-state index in [2.05, 4.69) is 4.98 Å². The lowest BCUT2D eigenvalue weighted by Crippen LogP contribution is -2.09. The van der Waals surface area contributed by atoms with E-state index in [1.54, 1.807) is 5.38 Å². The quantitative estimate of drug-likeness (QED) is 0.773. The molecule has 0 bridgehead atoms. The van der Waals surface area contributed by atoms with Crippen LogP contribution in [0.4, 0.5) is 5.13 Å². The van der Waals surface area contributed by atoms with E-state index < -0.39 is 5.91 Å². The average molecular weight is 209 g/mol. The number of aromatic nitrogens is 1. The number of anilines is 1. The van der Waals surface area contributed by atoms with Gasteiger partial charge >= 0.3 is 0 Å². The summed E-state index contributed by atoms with van der Waals surface area (Å²) in [7, 11) is 0. The molecule has 72 valence electrons. The predicted octanol–water partition coefficient (Wildman–Crippen LogP) is 1.08. The van der Waals surface area contributed by atoms with Crippen LogP contribution in [0.15, 0.2) is 22.1 Å². The molecule has 2 rings (SSSR count). The van der Waals surface area contributed by atoms with Gasteiger partial charge in [0.25, 0.3) is 5.91 Å². The van der Waals surface area contributed by atoms with Crippen molar-refractivity contribution in [1.82, 2.24) is 4.98 Å². The number of nitrogens with zero attached hydrogens (tertiary/aromatic N) is 1. The lowest BCUT2D eigenvalue weighted by molar-refractivity contribution is 0.0999. The molecule has 0 saturated carbocycles. The zero-order valence-electron chi connectivity index (χ0n) is 7.06. The molecule has 2 heterocycles. The standard InChI is InChI=1S/C8H7N3O2S/c9-7(12)4-1-6(13-2-4)5-3-14-8(10)11-5/h1-3H,(H2,9,12)(H2,10,11). The molecule has 5 nitrogen and oxygen atoms in total. The maximum Gasteiger partial charge on any atom is 0.251 e. The third-order valence-corrected chi connectivity index (χ3v) is 2.33. The summed E-state index contributed by atoms with van der Waals surface area (Å²) in [6.45, 7) is 0. The van der Waals surface area contributed by atoms with Gasteiger partial charge < -0.3 is 15.9 Å². The van der Waals surface area contributed by atoms with E-state index in [4.69, 9.17) is 15.9 Å². The summed E-state index contributed by atoms with van der Waals surface area (Å²) in [5, 5.41) is 2.20. The Balaban J connectivity index is 2.38. The first-order chi connectivity index (χ1) is 6.66. The number of carbonyl (C=O) groups excluding carboxylic acids is 1. The molecule has 0 aromatic carbocycles. The van der Waals surface area contributed by atoms with Gasteiger partial charge in [0.15, 0.2) is 10.9 Å². The summed E-state index contributed by atoms with van der Waals surface area (Å²) in [4.78, 5) is 14.8. The molecule has 4 N–H and O–H groups in total. The van der Waals surface area contributed by atoms with Crippen molar-refractivity contribution in [1.29, 1.82) is 0 Å². The minimum absolute atomic E-state index is 0.326. The minimum atomic E-state index is -0.525. The lowest BCUT2D eigenvalue weighted by atomic mass is 10.3. The number of nitrogen functional groups attached to an aromatic ring is 1. The molecule has 2 aromatic heterocycles.